The Morgan fingerprint density at radius 2 is 1.93 bits per heavy atom. The van der Waals surface area contributed by atoms with Gasteiger partial charge in [-0.05, 0) is 25.3 Å². The molecule has 0 bridgehead atoms. The number of nitrogens with zero attached hydrogens (tertiary/aromatic N) is 2. The van der Waals surface area contributed by atoms with Gasteiger partial charge in [-0.3, -0.25) is 10.1 Å². The first-order chi connectivity index (χ1) is 13.5. The van der Waals surface area contributed by atoms with Crippen molar-refractivity contribution < 1.29 is 18.8 Å². The Kier molecular flexibility index (Phi) is 6.20. The predicted molar refractivity (Wildman–Crippen MR) is 106 cm³/mol. The van der Waals surface area contributed by atoms with Crippen LogP contribution in [0, 0.1) is 6.92 Å². The van der Waals surface area contributed by atoms with Crippen molar-refractivity contribution in [2.45, 2.75) is 33.6 Å². The summed E-state index contributed by atoms with van der Waals surface area (Å²) in [6, 6.07) is 8.13. The molecule has 2 heterocycles. The lowest BCUT2D eigenvalue weighted by molar-refractivity contribution is -0.119. The summed E-state index contributed by atoms with van der Waals surface area (Å²) in [7, 11) is 0. The summed E-state index contributed by atoms with van der Waals surface area (Å²) in [6.07, 6.45) is 1.51. The SMILES string of the molecule is CCc1ccc(-c2csc(NC(=O)COC(=O)c3c(CC)noc3C)n2)cc1. The highest BCUT2D eigenvalue weighted by atomic mass is 32.1. The molecule has 0 atom stereocenters. The van der Waals surface area contributed by atoms with E-state index in [1.807, 2.05) is 24.4 Å². The molecule has 0 fully saturated rings. The molecule has 0 aliphatic heterocycles. The number of hydrogen-bond acceptors (Lipinski definition) is 7. The second-order valence-electron chi connectivity index (χ2n) is 6.13. The lowest BCUT2D eigenvalue weighted by Gasteiger charge is -2.04. The molecule has 1 aromatic carbocycles. The summed E-state index contributed by atoms with van der Waals surface area (Å²) >= 11 is 1.31. The number of benzene rings is 1. The Hall–Kier alpha value is -3.00. The lowest BCUT2D eigenvalue weighted by atomic mass is 10.1. The van der Waals surface area contributed by atoms with Crippen molar-refractivity contribution in [3.05, 3.63) is 52.2 Å². The third-order valence-corrected chi connectivity index (χ3v) is 4.97. The van der Waals surface area contributed by atoms with Crippen LogP contribution in [-0.2, 0) is 22.4 Å². The Morgan fingerprint density at radius 3 is 2.61 bits per heavy atom. The van der Waals surface area contributed by atoms with Crippen LogP contribution in [0.4, 0.5) is 5.13 Å². The van der Waals surface area contributed by atoms with Gasteiger partial charge in [0.2, 0.25) is 0 Å². The Labute approximate surface area is 166 Å². The molecule has 1 N–H and O–H groups in total. The zero-order valence-electron chi connectivity index (χ0n) is 15.9. The molecule has 146 valence electrons. The van der Waals surface area contributed by atoms with Crippen molar-refractivity contribution in [2.75, 3.05) is 11.9 Å². The Bertz CT molecular complexity index is 976. The largest absolute Gasteiger partial charge is 0.452 e. The van der Waals surface area contributed by atoms with Crippen LogP contribution in [0.3, 0.4) is 0 Å². The number of aromatic nitrogens is 2. The standard InChI is InChI=1S/C20H21N3O4S/c1-4-13-6-8-14(9-7-13)16-11-28-20(21-16)22-17(24)10-26-19(25)18-12(3)27-23-15(18)5-2/h6-9,11H,4-5,10H2,1-3H3,(H,21,22,24). The summed E-state index contributed by atoms with van der Waals surface area (Å²) in [4.78, 5) is 28.7. The van der Waals surface area contributed by atoms with Gasteiger partial charge in [-0.25, -0.2) is 9.78 Å². The van der Waals surface area contributed by atoms with Crippen LogP contribution in [0.1, 0.15) is 41.2 Å². The second-order valence-corrected chi connectivity index (χ2v) is 6.98. The van der Waals surface area contributed by atoms with E-state index in [0.29, 0.717) is 23.0 Å². The number of rotatable bonds is 7. The minimum Gasteiger partial charge on any atom is -0.452 e. The summed E-state index contributed by atoms with van der Waals surface area (Å²) in [5.74, 6) is -0.703. The number of hydrogen-bond donors (Lipinski definition) is 1. The molecular weight excluding hydrogens is 378 g/mol. The Balaban J connectivity index is 1.57. The fourth-order valence-corrected chi connectivity index (χ4v) is 3.39. The number of nitrogens with one attached hydrogen (secondary N) is 1. The van der Waals surface area contributed by atoms with Gasteiger partial charge in [-0.2, -0.15) is 0 Å². The van der Waals surface area contributed by atoms with Crippen LogP contribution in [0.5, 0.6) is 0 Å². The predicted octanol–water partition coefficient (Wildman–Crippen LogP) is 4.03. The summed E-state index contributed by atoms with van der Waals surface area (Å²) in [6.45, 7) is 5.18. The number of carbonyl (C=O) groups excluding carboxylic acids is 2. The van der Waals surface area contributed by atoms with Gasteiger partial charge in [0.25, 0.3) is 5.91 Å². The van der Waals surface area contributed by atoms with E-state index in [1.54, 1.807) is 6.92 Å². The number of anilines is 1. The number of aryl methyl sites for hydroxylation is 3. The minimum atomic E-state index is -0.624. The highest BCUT2D eigenvalue weighted by molar-refractivity contribution is 7.14. The highest BCUT2D eigenvalue weighted by Crippen LogP contribution is 2.25. The number of amides is 1. The molecule has 7 nitrogen and oxygen atoms in total. The number of ether oxygens (including phenoxy) is 1. The van der Waals surface area contributed by atoms with Crippen molar-refractivity contribution in [2.24, 2.45) is 0 Å². The number of esters is 1. The van der Waals surface area contributed by atoms with Gasteiger partial charge in [0, 0.05) is 10.9 Å². The first-order valence-electron chi connectivity index (χ1n) is 8.98. The van der Waals surface area contributed by atoms with Crippen molar-refractivity contribution in [3.8, 4) is 11.3 Å². The molecule has 0 radical (unpaired) electrons. The fourth-order valence-electron chi connectivity index (χ4n) is 2.65. The van der Waals surface area contributed by atoms with Gasteiger partial charge in [0.15, 0.2) is 11.7 Å². The molecule has 8 heteroatoms. The smallest absolute Gasteiger partial charge is 0.344 e. The molecule has 0 saturated heterocycles. The van der Waals surface area contributed by atoms with E-state index in [1.165, 1.54) is 16.9 Å². The second kappa shape index (κ2) is 8.79. The van der Waals surface area contributed by atoms with Gasteiger partial charge in [0.1, 0.15) is 11.3 Å². The average molecular weight is 399 g/mol. The molecule has 0 saturated carbocycles. The molecule has 2 aromatic heterocycles. The highest BCUT2D eigenvalue weighted by Gasteiger charge is 2.21. The van der Waals surface area contributed by atoms with Gasteiger partial charge in [-0.15, -0.1) is 11.3 Å². The van der Waals surface area contributed by atoms with E-state index in [9.17, 15) is 9.59 Å². The quantitative estimate of drug-likeness (QED) is 0.603. The van der Waals surface area contributed by atoms with E-state index in [4.69, 9.17) is 9.26 Å². The van der Waals surface area contributed by atoms with Gasteiger partial charge in [0.05, 0.1) is 11.4 Å². The first kappa shape index (κ1) is 19.8. The van der Waals surface area contributed by atoms with Gasteiger partial charge in [-0.1, -0.05) is 43.3 Å². The third kappa shape index (κ3) is 4.45. The van der Waals surface area contributed by atoms with E-state index >= 15 is 0 Å². The molecule has 0 aliphatic rings. The molecular formula is C20H21N3O4S. The van der Waals surface area contributed by atoms with Gasteiger partial charge < -0.3 is 9.26 Å². The first-order valence-corrected chi connectivity index (χ1v) is 9.86. The van der Waals surface area contributed by atoms with Crippen molar-refractivity contribution in [1.29, 1.82) is 0 Å². The summed E-state index contributed by atoms with van der Waals surface area (Å²) in [5.41, 5.74) is 3.82. The van der Waals surface area contributed by atoms with E-state index in [-0.39, 0.29) is 5.56 Å². The van der Waals surface area contributed by atoms with Crippen LogP contribution < -0.4 is 5.32 Å². The van der Waals surface area contributed by atoms with E-state index in [0.717, 1.165) is 17.7 Å². The van der Waals surface area contributed by atoms with Crippen molar-refractivity contribution in [1.82, 2.24) is 10.1 Å². The normalized spacial score (nSPS) is 10.7. The van der Waals surface area contributed by atoms with Crippen molar-refractivity contribution in [3.63, 3.8) is 0 Å². The molecule has 28 heavy (non-hydrogen) atoms. The van der Waals surface area contributed by atoms with Gasteiger partial charge >= 0.3 is 5.97 Å². The Morgan fingerprint density at radius 1 is 1.18 bits per heavy atom. The van der Waals surface area contributed by atoms with E-state index in [2.05, 4.69) is 34.5 Å². The minimum absolute atomic E-state index is 0.280. The van der Waals surface area contributed by atoms with Crippen LogP contribution >= 0.6 is 11.3 Å². The number of thiazole rings is 1. The maximum atomic E-state index is 12.2. The van der Waals surface area contributed by atoms with Crippen molar-refractivity contribution >= 4 is 28.3 Å². The maximum absolute atomic E-state index is 12.2. The molecule has 0 aliphatic carbocycles. The van der Waals surface area contributed by atoms with Crippen LogP contribution in [-0.4, -0.2) is 28.6 Å². The maximum Gasteiger partial charge on any atom is 0.344 e. The fraction of sp³-hybridized carbons (Fsp3) is 0.300. The van der Waals surface area contributed by atoms with Crippen LogP contribution in [0.15, 0.2) is 34.2 Å². The molecule has 0 spiro atoms. The monoisotopic (exact) mass is 399 g/mol. The summed E-state index contributed by atoms with van der Waals surface area (Å²) in [5, 5.41) is 8.78. The zero-order valence-corrected chi connectivity index (χ0v) is 16.8. The molecule has 0 unspecified atom stereocenters. The topological polar surface area (TPSA) is 94.3 Å². The average Bonchev–Trinajstić information content (AvgIpc) is 3.32. The lowest BCUT2D eigenvalue weighted by Crippen LogP contribution is -2.21. The zero-order chi connectivity index (χ0) is 20.1. The molecule has 1 amide bonds. The summed E-state index contributed by atoms with van der Waals surface area (Å²) < 4.78 is 10.1. The van der Waals surface area contributed by atoms with Crippen LogP contribution in [0.25, 0.3) is 11.3 Å². The number of carbonyl (C=O) groups is 2. The van der Waals surface area contributed by atoms with E-state index < -0.39 is 18.5 Å². The third-order valence-electron chi connectivity index (χ3n) is 4.22. The molecule has 3 aromatic rings. The van der Waals surface area contributed by atoms with Crippen LogP contribution in [0.2, 0.25) is 0 Å². The molecule has 3 rings (SSSR count).